The number of amidine groups is 1. The Labute approximate surface area is 177 Å². The predicted molar refractivity (Wildman–Crippen MR) is 124 cm³/mol. The Kier molecular flexibility index (Phi) is 4.58. The van der Waals surface area contributed by atoms with Gasteiger partial charge in [0.05, 0.1) is 15.6 Å². The molecule has 5 rings (SSSR count). The Balaban J connectivity index is 1.63. The Hall–Kier alpha value is -3.08. The summed E-state index contributed by atoms with van der Waals surface area (Å²) < 4.78 is 0. The van der Waals surface area contributed by atoms with Crippen LogP contribution in [0.4, 0.5) is 5.69 Å². The van der Waals surface area contributed by atoms with Gasteiger partial charge in [-0.1, -0.05) is 72.3 Å². The quantitative estimate of drug-likeness (QED) is 0.299. The number of rotatable bonds is 2. The van der Waals surface area contributed by atoms with Gasteiger partial charge in [0.25, 0.3) is 5.91 Å². The Morgan fingerprint density at radius 3 is 2.17 bits per heavy atom. The molecular formula is C24H15ClN2OS. The van der Waals surface area contributed by atoms with Crippen LogP contribution in [-0.2, 0) is 4.79 Å². The summed E-state index contributed by atoms with van der Waals surface area (Å²) in [7, 11) is 0. The molecule has 4 aromatic rings. The maximum absolute atomic E-state index is 12.6. The normalized spacial score (nSPS) is 16.8. The molecule has 0 unspecified atom stereocenters. The highest BCUT2D eigenvalue weighted by Gasteiger charge is 2.24. The summed E-state index contributed by atoms with van der Waals surface area (Å²) in [6.45, 7) is 0. The number of hydrogen-bond donors (Lipinski definition) is 1. The van der Waals surface area contributed by atoms with Gasteiger partial charge in [-0.25, -0.2) is 4.99 Å². The number of benzene rings is 4. The number of amides is 1. The van der Waals surface area contributed by atoms with E-state index in [1.54, 1.807) is 6.07 Å². The Morgan fingerprint density at radius 2 is 1.48 bits per heavy atom. The molecule has 0 atom stereocenters. The molecule has 1 aliphatic rings. The first-order chi connectivity index (χ1) is 14.2. The number of carbonyl (C=O) groups is 1. The fourth-order valence-electron chi connectivity index (χ4n) is 3.47. The first-order valence-corrected chi connectivity index (χ1v) is 10.3. The van der Waals surface area contributed by atoms with Gasteiger partial charge in [-0.3, -0.25) is 4.79 Å². The topological polar surface area (TPSA) is 41.5 Å². The third-order valence-electron chi connectivity index (χ3n) is 4.81. The minimum atomic E-state index is -0.155. The zero-order chi connectivity index (χ0) is 19.8. The molecule has 0 spiro atoms. The Morgan fingerprint density at radius 1 is 0.862 bits per heavy atom. The average molecular weight is 415 g/mol. The highest BCUT2D eigenvalue weighted by molar-refractivity contribution is 8.18. The van der Waals surface area contributed by atoms with Crippen LogP contribution in [0.1, 0.15) is 5.56 Å². The maximum atomic E-state index is 12.6. The summed E-state index contributed by atoms with van der Waals surface area (Å²) in [6.07, 6.45) is 1.96. The number of aliphatic imine (C=N–C) groups is 1. The molecule has 1 heterocycles. The fourth-order valence-corrected chi connectivity index (χ4v) is 4.46. The van der Waals surface area contributed by atoms with Gasteiger partial charge in [-0.15, -0.1) is 0 Å². The van der Waals surface area contributed by atoms with Crippen LogP contribution in [0.5, 0.6) is 0 Å². The molecule has 1 saturated heterocycles. The average Bonchev–Trinajstić information content (AvgIpc) is 3.08. The van der Waals surface area contributed by atoms with Crippen molar-refractivity contribution in [1.29, 1.82) is 0 Å². The van der Waals surface area contributed by atoms with Crippen molar-refractivity contribution < 1.29 is 4.79 Å². The summed E-state index contributed by atoms with van der Waals surface area (Å²) >= 11 is 7.52. The van der Waals surface area contributed by atoms with Crippen molar-refractivity contribution in [3.05, 3.63) is 94.4 Å². The number of thioether (sulfide) groups is 1. The van der Waals surface area contributed by atoms with Crippen LogP contribution in [0.2, 0.25) is 5.02 Å². The van der Waals surface area contributed by atoms with Gasteiger partial charge >= 0.3 is 0 Å². The Bertz CT molecular complexity index is 1290. The van der Waals surface area contributed by atoms with Crippen LogP contribution in [0.3, 0.4) is 0 Å². The highest BCUT2D eigenvalue weighted by atomic mass is 35.5. The van der Waals surface area contributed by atoms with Crippen molar-refractivity contribution in [3.8, 4) is 0 Å². The number of para-hydroxylation sites is 1. The van der Waals surface area contributed by atoms with E-state index in [1.165, 1.54) is 11.8 Å². The van der Waals surface area contributed by atoms with E-state index in [4.69, 9.17) is 11.6 Å². The van der Waals surface area contributed by atoms with E-state index in [1.807, 2.05) is 48.5 Å². The van der Waals surface area contributed by atoms with E-state index >= 15 is 0 Å². The monoisotopic (exact) mass is 414 g/mol. The lowest BCUT2D eigenvalue weighted by atomic mass is 9.96. The highest BCUT2D eigenvalue weighted by Crippen LogP contribution is 2.35. The molecule has 1 N–H and O–H groups in total. The second-order valence-electron chi connectivity index (χ2n) is 6.67. The first-order valence-electron chi connectivity index (χ1n) is 9.14. The standard InChI is InChI=1S/C24H15ClN2OS/c25-20-11-5-6-12-21(20)26-24-27-23(28)22(29-24)14-19-17-9-3-1-7-15(17)13-16-8-2-4-10-18(16)19/h1-14H,(H,26,27,28)/b22-14+. The molecule has 0 bridgehead atoms. The molecule has 1 amide bonds. The van der Waals surface area contributed by atoms with E-state index in [2.05, 4.69) is 40.6 Å². The van der Waals surface area contributed by atoms with Gasteiger partial charge in [-0.05, 0) is 63.1 Å². The van der Waals surface area contributed by atoms with Crippen LogP contribution >= 0.6 is 23.4 Å². The molecule has 140 valence electrons. The lowest BCUT2D eigenvalue weighted by molar-refractivity contribution is -0.115. The van der Waals surface area contributed by atoms with Crippen molar-refractivity contribution in [2.75, 3.05) is 0 Å². The molecular weight excluding hydrogens is 400 g/mol. The van der Waals surface area contributed by atoms with Crippen molar-refractivity contribution in [1.82, 2.24) is 5.32 Å². The van der Waals surface area contributed by atoms with Gasteiger partial charge in [0.15, 0.2) is 5.17 Å². The minimum absolute atomic E-state index is 0.155. The number of hydrogen-bond acceptors (Lipinski definition) is 3. The lowest BCUT2D eigenvalue weighted by Gasteiger charge is -2.08. The van der Waals surface area contributed by atoms with Crippen LogP contribution in [0.15, 0.2) is 88.8 Å². The van der Waals surface area contributed by atoms with Crippen LogP contribution in [0.25, 0.3) is 27.6 Å². The number of nitrogens with one attached hydrogen (secondary N) is 1. The zero-order valence-electron chi connectivity index (χ0n) is 15.2. The molecule has 0 saturated carbocycles. The van der Waals surface area contributed by atoms with Crippen LogP contribution in [0, 0.1) is 0 Å². The zero-order valence-corrected chi connectivity index (χ0v) is 16.8. The van der Waals surface area contributed by atoms with E-state index in [9.17, 15) is 4.79 Å². The lowest BCUT2D eigenvalue weighted by Crippen LogP contribution is -2.19. The minimum Gasteiger partial charge on any atom is -0.300 e. The number of halogens is 1. The van der Waals surface area contributed by atoms with Gasteiger partial charge in [-0.2, -0.15) is 0 Å². The summed E-state index contributed by atoms with van der Waals surface area (Å²) in [5.74, 6) is -0.155. The molecule has 0 radical (unpaired) electrons. The summed E-state index contributed by atoms with van der Waals surface area (Å²) in [5.41, 5.74) is 1.67. The van der Waals surface area contributed by atoms with Crippen LogP contribution in [-0.4, -0.2) is 11.1 Å². The molecule has 1 aliphatic heterocycles. The van der Waals surface area contributed by atoms with Crippen LogP contribution < -0.4 is 5.32 Å². The first kappa shape index (κ1) is 18.0. The number of carbonyl (C=O) groups excluding carboxylic acids is 1. The summed E-state index contributed by atoms with van der Waals surface area (Å²) in [4.78, 5) is 17.7. The number of nitrogens with zero attached hydrogens (tertiary/aromatic N) is 1. The van der Waals surface area contributed by atoms with Gasteiger partial charge in [0, 0.05) is 0 Å². The smallest absolute Gasteiger partial charge is 0.264 e. The van der Waals surface area contributed by atoms with E-state index in [0.717, 1.165) is 27.1 Å². The molecule has 3 nitrogen and oxygen atoms in total. The second-order valence-corrected chi connectivity index (χ2v) is 8.10. The van der Waals surface area contributed by atoms with Gasteiger partial charge in [0.2, 0.25) is 0 Å². The van der Waals surface area contributed by atoms with Crippen molar-refractivity contribution in [2.24, 2.45) is 4.99 Å². The SMILES string of the molecule is O=C1NC(=Nc2ccccc2Cl)S/C1=C/c1c2ccccc2cc2ccccc12. The van der Waals surface area contributed by atoms with Crippen molar-refractivity contribution >= 4 is 67.7 Å². The van der Waals surface area contributed by atoms with Crippen molar-refractivity contribution in [3.63, 3.8) is 0 Å². The number of fused-ring (bicyclic) bond motifs is 2. The third kappa shape index (κ3) is 3.41. The van der Waals surface area contributed by atoms with Crippen molar-refractivity contribution in [2.45, 2.75) is 0 Å². The van der Waals surface area contributed by atoms with E-state index in [-0.39, 0.29) is 5.91 Å². The second kappa shape index (κ2) is 7.39. The molecule has 0 aromatic heterocycles. The van der Waals surface area contributed by atoms with E-state index in [0.29, 0.717) is 20.8 Å². The van der Waals surface area contributed by atoms with Gasteiger partial charge in [0.1, 0.15) is 0 Å². The molecule has 5 heteroatoms. The largest absolute Gasteiger partial charge is 0.300 e. The summed E-state index contributed by atoms with van der Waals surface area (Å²) in [6, 6.07) is 26.0. The predicted octanol–water partition coefficient (Wildman–Crippen LogP) is 6.54. The third-order valence-corrected chi connectivity index (χ3v) is 6.04. The van der Waals surface area contributed by atoms with Gasteiger partial charge < -0.3 is 5.32 Å². The molecule has 1 fully saturated rings. The molecule has 29 heavy (non-hydrogen) atoms. The molecule has 4 aromatic carbocycles. The fraction of sp³-hybridized carbons (Fsp3) is 0. The van der Waals surface area contributed by atoms with E-state index < -0.39 is 0 Å². The molecule has 0 aliphatic carbocycles. The summed E-state index contributed by atoms with van der Waals surface area (Å²) in [5, 5.41) is 8.44. The maximum Gasteiger partial charge on any atom is 0.264 e.